The minimum atomic E-state index is -0.463. The third kappa shape index (κ3) is 5.05. The Morgan fingerprint density at radius 2 is 1.81 bits per heavy atom. The van der Waals surface area contributed by atoms with Crippen molar-refractivity contribution in [2.75, 3.05) is 32.8 Å². The van der Waals surface area contributed by atoms with Crippen molar-refractivity contribution in [1.29, 1.82) is 0 Å². The largest absolute Gasteiger partial charge is 0.493 e. The maximum Gasteiger partial charge on any atom is 0.344 e. The first-order chi connectivity index (χ1) is 18.1. The summed E-state index contributed by atoms with van der Waals surface area (Å²) in [7, 11) is 3.20. The molecular weight excluding hydrogens is 472 g/mol. The second-order valence-corrected chi connectivity index (χ2v) is 8.43. The minimum absolute atomic E-state index is 0.155. The van der Waals surface area contributed by atoms with Crippen LogP contribution in [0.2, 0.25) is 0 Å². The molecule has 0 saturated carbocycles. The number of carbonyl (C=O) groups is 1. The van der Waals surface area contributed by atoms with E-state index in [4.69, 9.17) is 18.6 Å². The number of methoxy groups -OCH3 is 2. The Bertz CT molecular complexity index is 1620. The second kappa shape index (κ2) is 10.6. The van der Waals surface area contributed by atoms with E-state index in [1.165, 1.54) is 7.11 Å². The van der Waals surface area contributed by atoms with Gasteiger partial charge >= 0.3 is 5.63 Å². The van der Waals surface area contributed by atoms with E-state index in [0.717, 1.165) is 28.5 Å². The molecule has 0 spiro atoms. The number of hydrogen-bond acceptors (Lipinski definition) is 6. The predicted octanol–water partition coefficient (Wildman–Crippen LogP) is 5.09. The van der Waals surface area contributed by atoms with E-state index in [1.54, 1.807) is 43.5 Å². The van der Waals surface area contributed by atoms with Crippen LogP contribution in [0.1, 0.15) is 0 Å². The lowest BCUT2D eigenvalue weighted by Crippen LogP contribution is -2.20. The van der Waals surface area contributed by atoms with Gasteiger partial charge in [-0.3, -0.25) is 4.79 Å². The molecule has 8 heteroatoms. The first-order valence-corrected chi connectivity index (χ1v) is 11.8. The molecule has 0 aliphatic heterocycles. The molecule has 1 N–H and O–H groups in total. The van der Waals surface area contributed by atoms with Crippen LogP contribution in [0.25, 0.3) is 33.0 Å². The van der Waals surface area contributed by atoms with E-state index in [1.807, 2.05) is 42.6 Å². The topological polar surface area (TPSA) is 91.9 Å². The van der Waals surface area contributed by atoms with Gasteiger partial charge in [0.1, 0.15) is 5.75 Å². The van der Waals surface area contributed by atoms with Crippen molar-refractivity contribution in [3.05, 3.63) is 89.4 Å². The SMILES string of the molecule is COCCn1ccc2c(NC(=O)COc3ccc(-c4cc5cccc(OC)c5oc4=O)cc3)cccc21. The average Bonchev–Trinajstić information content (AvgIpc) is 3.34. The third-order valence-corrected chi connectivity index (χ3v) is 6.10. The number of hydrogen-bond donors (Lipinski definition) is 1. The van der Waals surface area contributed by atoms with Crippen LogP contribution in [0.4, 0.5) is 5.69 Å². The molecule has 0 atom stereocenters. The molecule has 2 aromatic heterocycles. The van der Waals surface area contributed by atoms with Crippen molar-refractivity contribution in [2.45, 2.75) is 6.54 Å². The Morgan fingerprint density at radius 3 is 2.59 bits per heavy atom. The maximum absolute atomic E-state index is 12.6. The fraction of sp³-hybridized carbons (Fsp3) is 0.172. The zero-order valence-electron chi connectivity index (χ0n) is 20.5. The molecule has 0 saturated heterocycles. The second-order valence-electron chi connectivity index (χ2n) is 8.43. The fourth-order valence-corrected chi connectivity index (χ4v) is 4.26. The van der Waals surface area contributed by atoms with Crippen LogP contribution in [-0.2, 0) is 16.1 Å². The van der Waals surface area contributed by atoms with E-state index < -0.39 is 5.63 Å². The highest BCUT2D eigenvalue weighted by Gasteiger charge is 2.12. The molecule has 0 fully saturated rings. The number of fused-ring (bicyclic) bond motifs is 2. The van der Waals surface area contributed by atoms with E-state index in [2.05, 4.69) is 9.88 Å². The van der Waals surface area contributed by atoms with Crippen LogP contribution in [0.3, 0.4) is 0 Å². The number of rotatable bonds is 9. The van der Waals surface area contributed by atoms with Crippen LogP contribution in [0.5, 0.6) is 11.5 Å². The smallest absolute Gasteiger partial charge is 0.344 e. The van der Waals surface area contributed by atoms with Crippen LogP contribution in [0, 0.1) is 0 Å². The number of aromatic nitrogens is 1. The molecule has 2 heterocycles. The first kappa shape index (κ1) is 24.1. The van der Waals surface area contributed by atoms with Gasteiger partial charge in [0.25, 0.3) is 5.91 Å². The predicted molar refractivity (Wildman–Crippen MR) is 142 cm³/mol. The van der Waals surface area contributed by atoms with Crippen LogP contribution in [-0.4, -0.2) is 37.9 Å². The van der Waals surface area contributed by atoms with Crippen LogP contribution in [0.15, 0.2) is 88.2 Å². The molecule has 3 aromatic carbocycles. The molecule has 5 aromatic rings. The Hall–Kier alpha value is -4.56. The normalized spacial score (nSPS) is 11.1. The summed E-state index contributed by atoms with van der Waals surface area (Å²) in [6.07, 6.45) is 1.98. The maximum atomic E-state index is 12.6. The number of nitrogens with zero attached hydrogens (tertiary/aromatic N) is 1. The number of anilines is 1. The summed E-state index contributed by atoms with van der Waals surface area (Å²) >= 11 is 0. The molecule has 0 radical (unpaired) electrons. The summed E-state index contributed by atoms with van der Waals surface area (Å²) in [4.78, 5) is 25.2. The van der Waals surface area contributed by atoms with Gasteiger partial charge in [-0.2, -0.15) is 0 Å². The summed E-state index contributed by atoms with van der Waals surface area (Å²) < 4.78 is 23.7. The van der Waals surface area contributed by atoms with Crippen molar-refractivity contribution in [3.63, 3.8) is 0 Å². The molecule has 0 aliphatic rings. The zero-order valence-corrected chi connectivity index (χ0v) is 20.5. The summed E-state index contributed by atoms with van der Waals surface area (Å²) in [5.74, 6) is 0.739. The van der Waals surface area contributed by atoms with Gasteiger partial charge in [-0.05, 0) is 48.0 Å². The highest BCUT2D eigenvalue weighted by atomic mass is 16.5. The number of ether oxygens (including phenoxy) is 3. The number of nitrogens with one attached hydrogen (secondary N) is 1. The Balaban J connectivity index is 1.26. The lowest BCUT2D eigenvalue weighted by Gasteiger charge is -2.10. The number of para-hydroxylation sites is 1. The lowest BCUT2D eigenvalue weighted by atomic mass is 10.1. The monoisotopic (exact) mass is 498 g/mol. The van der Waals surface area contributed by atoms with Crippen LogP contribution >= 0.6 is 0 Å². The molecule has 1 amide bonds. The van der Waals surface area contributed by atoms with Gasteiger partial charge in [0.05, 0.1) is 30.5 Å². The molecule has 188 valence electrons. The van der Waals surface area contributed by atoms with Crippen molar-refractivity contribution in [3.8, 4) is 22.6 Å². The Kier molecular flexibility index (Phi) is 6.91. The molecule has 0 bridgehead atoms. The standard InChI is InChI=1S/C29H26N2O6/c1-34-16-15-31-14-13-22-24(6-4-7-25(22)31)30-27(32)18-36-21-11-9-19(10-12-21)23-17-20-5-3-8-26(35-2)28(20)37-29(23)33/h3-14,17H,15-16,18H2,1-2H3,(H,30,32). The number of amides is 1. The van der Waals surface area contributed by atoms with Crippen molar-refractivity contribution >= 4 is 33.5 Å². The first-order valence-electron chi connectivity index (χ1n) is 11.8. The third-order valence-electron chi connectivity index (χ3n) is 6.10. The van der Waals surface area contributed by atoms with Gasteiger partial charge in [0.2, 0.25) is 0 Å². The molecule has 8 nitrogen and oxygen atoms in total. The van der Waals surface area contributed by atoms with Gasteiger partial charge in [0.15, 0.2) is 17.9 Å². The van der Waals surface area contributed by atoms with Gasteiger partial charge < -0.3 is 28.5 Å². The van der Waals surface area contributed by atoms with Gasteiger partial charge in [-0.15, -0.1) is 0 Å². The summed E-state index contributed by atoms with van der Waals surface area (Å²) in [5.41, 5.74) is 2.79. The van der Waals surface area contributed by atoms with E-state index in [9.17, 15) is 9.59 Å². The van der Waals surface area contributed by atoms with Gasteiger partial charge in [-0.1, -0.05) is 30.3 Å². The van der Waals surface area contributed by atoms with Crippen LogP contribution < -0.4 is 20.4 Å². The minimum Gasteiger partial charge on any atom is -0.493 e. The highest BCUT2D eigenvalue weighted by Crippen LogP contribution is 2.28. The molecule has 5 rings (SSSR count). The Morgan fingerprint density at radius 1 is 1.00 bits per heavy atom. The summed E-state index contributed by atoms with van der Waals surface area (Å²) in [6.45, 7) is 1.18. The van der Waals surface area contributed by atoms with Crippen molar-refractivity contribution in [2.24, 2.45) is 0 Å². The quantitative estimate of drug-likeness (QED) is 0.285. The fourth-order valence-electron chi connectivity index (χ4n) is 4.26. The average molecular weight is 499 g/mol. The van der Waals surface area contributed by atoms with E-state index in [-0.39, 0.29) is 12.5 Å². The summed E-state index contributed by atoms with van der Waals surface area (Å²) in [6, 6.07) is 21.9. The summed E-state index contributed by atoms with van der Waals surface area (Å²) in [5, 5.41) is 4.63. The number of carbonyl (C=O) groups excluding carboxylic acids is 1. The van der Waals surface area contributed by atoms with E-state index >= 15 is 0 Å². The number of benzene rings is 3. The highest BCUT2D eigenvalue weighted by molar-refractivity contribution is 6.02. The van der Waals surface area contributed by atoms with Gasteiger partial charge in [0, 0.05) is 30.6 Å². The Labute approximate surface area is 213 Å². The van der Waals surface area contributed by atoms with Crippen molar-refractivity contribution in [1.82, 2.24) is 4.57 Å². The van der Waals surface area contributed by atoms with E-state index in [0.29, 0.717) is 34.8 Å². The molecular formula is C29H26N2O6. The zero-order chi connectivity index (χ0) is 25.8. The lowest BCUT2D eigenvalue weighted by molar-refractivity contribution is -0.118. The molecule has 0 unspecified atom stereocenters. The van der Waals surface area contributed by atoms with Crippen molar-refractivity contribution < 1.29 is 23.4 Å². The van der Waals surface area contributed by atoms with Gasteiger partial charge in [-0.25, -0.2) is 4.79 Å². The molecule has 0 aliphatic carbocycles. The molecule has 37 heavy (non-hydrogen) atoms.